The average Bonchev–Trinajstić information content (AvgIpc) is 2.62. The number of para-hydroxylation sites is 1. The Bertz CT molecular complexity index is 877. The van der Waals surface area contributed by atoms with Crippen LogP contribution in [0.15, 0.2) is 54.7 Å². The first-order chi connectivity index (χ1) is 11.7. The summed E-state index contributed by atoms with van der Waals surface area (Å²) in [6.45, 7) is 2.43. The minimum Gasteiger partial charge on any atom is -0.493 e. The van der Waals surface area contributed by atoms with Crippen molar-refractivity contribution in [1.82, 2.24) is 4.98 Å². The van der Waals surface area contributed by atoms with E-state index in [1.165, 1.54) is 0 Å². The molecular formula is C19H18N2O3. The third-order valence-electron chi connectivity index (χ3n) is 3.57. The lowest BCUT2D eigenvalue weighted by atomic mass is 10.1. The van der Waals surface area contributed by atoms with Gasteiger partial charge in [-0.05, 0) is 37.3 Å². The molecule has 5 heteroatoms. The summed E-state index contributed by atoms with van der Waals surface area (Å²) in [5.74, 6) is 0.915. The van der Waals surface area contributed by atoms with Crippen molar-refractivity contribution in [1.29, 1.82) is 0 Å². The summed E-state index contributed by atoms with van der Waals surface area (Å²) in [5, 5.41) is 3.83. The van der Waals surface area contributed by atoms with Crippen LogP contribution in [0, 0.1) is 0 Å². The molecule has 0 saturated carbocycles. The third-order valence-corrected chi connectivity index (χ3v) is 3.57. The summed E-state index contributed by atoms with van der Waals surface area (Å²) < 4.78 is 10.7. The van der Waals surface area contributed by atoms with E-state index in [4.69, 9.17) is 9.47 Å². The zero-order valence-electron chi connectivity index (χ0n) is 13.6. The van der Waals surface area contributed by atoms with Gasteiger partial charge in [-0.25, -0.2) is 0 Å². The topological polar surface area (TPSA) is 60.5 Å². The Morgan fingerprint density at radius 2 is 1.96 bits per heavy atom. The number of ether oxygens (including phenoxy) is 2. The molecule has 5 nitrogen and oxygen atoms in total. The number of pyridine rings is 1. The Hall–Kier alpha value is -3.08. The second-order valence-electron chi connectivity index (χ2n) is 5.17. The van der Waals surface area contributed by atoms with E-state index in [0.29, 0.717) is 29.4 Å². The maximum absolute atomic E-state index is 12.5. The smallest absolute Gasteiger partial charge is 0.255 e. The summed E-state index contributed by atoms with van der Waals surface area (Å²) in [6.07, 6.45) is 1.64. The van der Waals surface area contributed by atoms with E-state index in [9.17, 15) is 4.79 Å². The van der Waals surface area contributed by atoms with Gasteiger partial charge in [0.2, 0.25) is 0 Å². The van der Waals surface area contributed by atoms with Crippen molar-refractivity contribution in [3.05, 3.63) is 60.3 Å². The summed E-state index contributed by atoms with van der Waals surface area (Å²) in [7, 11) is 1.55. The Kier molecular flexibility index (Phi) is 4.61. The monoisotopic (exact) mass is 322 g/mol. The van der Waals surface area contributed by atoms with Gasteiger partial charge in [-0.1, -0.05) is 18.2 Å². The fourth-order valence-corrected chi connectivity index (χ4v) is 2.43. The SMILES string of the molecule is CCOc1ccc(C(=O)Nc2cnc3ccccc3c2)cc1OC. The molecule has 24 heavy (non-hydrogen) atoms. The van der Waals surface area contributed by atoms with Crippen LogP contribution < -0.4 is 14.8 Å². The molecule has 0 bridgehead atoms. The molecule has 0 saturated heterocycles. The second kappa shape index (κ2) is 7.00. The fourth-order valence-electron chi connectivity index (χ4n) is 2.43. The number of hydrogen-bond acceptors (Lipinski definition) is 4. The first-order valence-corrected chi connectivity index (χ1v) is 7.68. The van der Waals surface area contributed by atoms with Crippen LogP contribution in [0.5, 0.6) is 11.5 Å². The fraction of sp³-hybridized carbons (Fsp3) is 0.158. The highest BCUT2D eigenvalue weighted by Crippen LogP contribution is 2.28. The van der Waals surface area contributed by atoms with Crippen LogP contribution in [0.3, 0.4) is 0 Å². The number of benzene rings is 2. The quantitative estimate of drug-likeness (QED) is 0.774. The first kappa shape index (κ1) is 15.8. The van der Waals surface area contributed by atoms with Gasteiger partial charge >= 0.3 is 0 Å². The Labute approximate surface area is 140 Å². The molecule has 3 aromatic rings. The largest absolute Gasteiger partial charge is 0.493 e. The Balaban J connectivity index is 1.83. The third kappa shape index (κ3) is 3.30. The number of methoxy groups -OCH3 is 1. The van der Waals surface area contributed by atoms with Gasteiger partial charge in [-0.3, -0.25) is 9.78 Å². The van der Waals surface area contributed by atoms with Crippen LogP contribution in [0.1, 0.15) is 17.3 Å². The molecule has 1 aromatic heterocycles. The van der Waals surface area contributed by atoms with E-state index in [0.717, 1.165) is 10.9 Å². The molecule has 3 rings (SSSR count). The van der Waals surface area contributed by atoms with Gasteiger partial charge in [0.1, 0.15) is 0 Å². The van der Waals surface area contributed by atoms with E-state index in [1.54, 1.807) is 31.5 Å². The van der Waals surface area contributed by atoms with Crippen molar-refractivity contribution >= 4 is 22.5 Å². The Morgan fingerprint density at radius 1 is 1.12 bits per heavy atom. The molecule has 0 fully saturated rings. The molecule has 0 aliphatic heterocycles. The zero-order valence-corrected chi connectivity index (χ0v) is 13.6. The van der Waals surface area contributed by atoms with Gasteiger partial charge in [0.15, 0.2) is 11.5 Å². The number of anilines is 1. The van der Waals surface area contributed by atoms with Crippen LogP contribution in [0.2, 0.25) is 0 Å². The van der Waals surface area contributed by atoms with Crippen molar-refractivity contribution in [2.75, 3.05) is 19.0 Å². The number of hydrogen-bond donors (Lipinski definition) is 1. The molecular weight excluding hydrogens is 304 g/mol. The van der Waals surface area contributed by atoms with Gasteiger partial charge < -0.3 is 14.8 Å². The summed E-state index contributed by atoms with van der Waals surface area (Å²) in [6, 6.07) is 14.7. The van der Waals surface area contributed by atoms with Crippen molar-refractivity contribution in [2.24, 2.45) is 0 Å². The number of amides is 1. The minimum absolute atomic E-state index is 0.228. The molecule has 0 atom stereocenters. The number of rotatable bonds is 5. The zero-order chi connectivity index (χ0) is 16.9. The molecule has 0 unspecified atom stereocenters. The normalized spacial score (nSPS) is 10.4. The lowest BCUT2D eigenvalue weighted by molar-refractivity contribution is 0.102. The lowest BCUT2D eigenvalue weighted by Crippen LogP contribution is -2.12. The molecule has 1 amide bonds. The predicted octanol–water partition coefficient (Wildman–Crippen LogP) is 3.89. The molecule has 0 aliphatic carbocycles. The number of nitrogens with one attached hydrogen (secondary N) is 1. The van der Waals surface area contributed by atoms with Crippen LogP contribution in [0.4, 0.5) is 5.69 Å². The summed E-state index contributed by atoms with van der Waals surface area (Å²) >= 11 is 0. The van der Waals surface area contributed by atoms with Crippen LogP contribution >= 0.6 is 0 Å². The van der Waals surface area contributed by atoms with Gasteiger partial charge in [0.25, 0.3) is 5.91 Å². The van der Waals surface area contributed by atoms with Crippen molar-refractivity contribution < 1.29 is 14.3 Å². The van der Waals surface area contributed by atoms with E-state index < -0.39 is 0 Å². The number of nitrogens with zero attached hydrogens (tertiary/aromatic N) is 1. The maximum Gasteiger partial charge on any atom is 0.255 e. The molecule has 0 radical (unpaired) electrons. The summed E-state index contributed by atoms with van der Waals surface area (Å²) in [4.78, 5) is 16.8. The van der Waals surface area contributed by atoms with E-state index in [1.807, 2.05) is 37.3 Å². The molecule has 1 N–H and O–H groups in total. The van der Waals surface area contributed by atoms with Gasteiger partial charge in [-0.2, -0.15) is 0 Å². The van der Waals surface area contributed by atoms with Crippen LogP contribution in [0.25, 0.3) is 10.9 Å². The number of carbonyl (C=O) groups excluding carboxylic acids is 1. The molecule has 0 spiro atoms. The van der Waals surface area contributed by atoms with Crippen molar-refractivity contribution in [3.8, 4) is 11.5 Å². The second-order valence-corrected chi connectivity index (χ2v) is 5.17. The highest BCUT2D eigenvalue weighted by Gasteiger charge is 2.11. The predicted molar refractivity (Wildman–Crippen MR) is 93.9 cm³/mol. The molecule has 0 aliphatic rings. The van der Waals surface area contributed by atoms with E-state index in [2.05, 4.69) is 10.3 Å². The van der Waals surface area contributed by atoms with Crippen molar-refractivity contribution in [2.45, 2.75) is 6.92 Å². The van der Waals surface area contributed by atoms with E-state index >= 15 is 0 Å². The van der Waals surface area contributed by atoms with Gasteiger partial charge in [-0.15, -0.1) is 0 Å². The molecule has 122 valence electrons. The van der Waals surface area contributed by atoms with Gasteiger partial charge in [0.05, 0.1) is 31.1 Å². The highest BCUT2D eigenvalue weighted by atomic mass is 16.5. The Morgan fingerprint density at radius 3 is 2.75 bits per heavy atom. The van der Waals surface area contributed by atoms with Crippen molar-refractivity contribution in [3.63, 3.8) is 0 Å². The van der Waals surface area contributed by atoms with Gasteiger partial charge in [0, 0.05) is 10.9 Å². The minimum atomic E-state index is -0.228. The number of fused-ring (bicyclic) bond motifs is 1. The first-order valence-electron chi connectivity index (χ1n) is 7.68. The molecule has 2 aromatic carbocycles. The number of carbonyl (C=O) groups is 1. The van der Waals surface area contributed by atoms with E-state index in [-0.39, 0.29) is 5.91 Å². The standard InChI is InChI=1S/C19H18N2O3/c1-3-24-17-9-8-14(11-18(17)23-2)19(22)21-15-10-13-6-4-5-7-16(13)20-12-15/h4-12H,3H2,1-2H3,(H,21,22). The summed E-state index contributed by atoms with van der Waals surface area (Å²) in [5.41, 5.74) is 2.02. The average molecular weight is 322 g/mol. The lowest BCUT2D eigenvalue weighted by Gasteiger charge is -2.11. The van der Waals surface area contributed by atoms with Crippen LogP contribution in [-0.2, 0) is 0 Å². The maximum atomic E-state index is 12.5. The van der Waals surface area contributed by atoms with Crippen LogP contribution in [-0.4, -0.2) is 24.6 Å². The highest BCUT2D eigenvalue weighted by molar-refractivity contribution is 6.05. The molecule has 1 heterocycles. The number of aromatic nitrogens is 1.